The van der Waals surface area contributed by atoms with Crippen molar-refractivity contribution in [2.24, 2.45) is 0 Å². The van der Waals surface area contributed by atoms with Crippen LogP contribution in [0.5, 0.6) is 0 Å². The Morgan fingerprint density at radius 2 is 2.27 bits per heavy atom. The van der Waals surface area contributed by atoms with Crippen molar-refractivity contribution >= 4 is 0 Å². The van der Waals surface area contributed by atoms with Crippen molar-refractivity contribution in [3.63, 3.8) is 0 Å². The number of nitrogens with one attached hydrogen (secondary N) is 1. The Labute approximate surface area is 91.8 Å². The van der Waals surface area contributed by atoms with Gasteiger partial charge in [-0.05, 0) is 32.0 Å². The summed E-state index contributed by atoms with van der Waals surface area (Å²) in [6, 6.07) is 4.37. The van der Waals surface area contributed by atoms with Gasteiger partial charge < -0.3 is 14.5 Å². The average molecular weight is 211 g/mol. The summed E-state index contributed by atoms with van der Waals surface area (Å²) in [5.74, 6) is 2.07. The minimum absolute atomic E-state index is 0.280. The van der Waals surface area contributed by atoms with Gasteiger partial charge in [-0.2, -0.15) is 0 Å². The molecule has 1 heterocycles. The zero-order valence-corrected chi connectivity index (χ0v) is 9.88. The highest BCUT2D eigenvalue weighted by atomic mass is 16.5. The number of hydrogen-bond acceptors (Lipinski definition) is 3. The summed E-state index contributed by atoms with van der Waals surface area (Å²) in [6.45, 7) is 5.97. The van der Waals surface area contributed by atoms with Crippen molar-refractivity contribution in [3.8, 4) is 0 Å². The van der Waals surface area contributed by atoms with Crippen molar-refractivity contribution in [2.45, 2.75) is 32.7 Å². The Hall–Kier alpha value is -0.800. The van der Waals surface area contributed by atoms with E-state index in [1.165, 1.54) is 0 Å². The number of hydrogen-bond donors (Lipinski definition) is 1. The molecule has 1 rings (SSSR count). The summed E-state index contributed by atoms with van der Waals surface area (Å²) in [6.07, 6.45) is 1.98. The predicted molar refractivity (Wildman–Crippen MR) is 61.0 cm³/mol. The lowest BCUT2D eigenvalue weighted by Gasteiger charge is -2.10. The molecule has 0 aliphatic rings. The van der Waals surface area contributed by atoms with Crippen LogP contribution in [0, 0.1) is 0 Å². The first-order chi connectivity index (χ1) is 7.27. The third-order valence-corrected chi connectivity index (χ3v) is 2.43. The van der Waals surface area contributed by atoms with E-state index in [1.807, 2.05) is 12.1 Å². The van der Waals surface area contributed by atoms with Crippen LogP contribution in [-0.4, -0.2) is 20.3 Å². The molecule has 1 atom stereocenters. The van der Waals surface area contributed by atoms with Gasteiger partial charge in [-0.15, -0.1) is 0 Å². The fourth-order valence-electron chi connectivity index (χ4n) is 1.45. The van der Waals surface area contributed by atoms with Crippen LogP contribution in [0.15, 0.2) is 16.5 Å². The molecule has 0 bridgehead atoms. The maximum atomic E-state index is 5.66. The highest BCUT2D eigenvalue weighted by Crippen LogP contribution is 2.16. The summed E-state index contributed by atoms with van der Waals surface area (Å²) in [4.78, 5) is 0. The van der Waals surface area contributed by atoms with Gasteiger partial charge in [-0.25, -0.2) is 0 Å². The summed E-state index contributed by atoms with van der Waals surface area (Å²) < 4.78 is 10.6. The first-order valence-electron chi connectivity index (χ1n) is 5.58. The van der Waals surface area contributed by atoms with Crippen LogP contribution in [0.1, 0.15) is 37.8 Å². The standard InChI is InChI=1S/C12H21NO2/c1-4-11-6-7-12(15-11)10(2)13-8-5-9-14-3/h6-7,10,13H,4-5,8-9H2,1-3H3. The van der Waals surface area contributed by atoms with Gasteiger partial charge >= 0.3 is 0 Å². The largest absolute Gasteiger partial charge is 0.464 e. The molecule has 3 heteroatoms. The third-order valence-electron chi connectivity index (χ3n) is 2.43. The fraction of sp³-hybridized carbons (Fsp3) is 0.667. The Morgan fingerprint density at radius 1 is 1.47 bits per heavy atom. The Balaban J connectivity index is 2.29. The number of rotatable bonds is 7. The molecule has 0 aliphatic heterocycles. The molecule has 0 aliphatic carbocycles. The molecule has 0 radical (unpaired) electrons. The predicted octanol–water partition coefficient (Wildman–Crippen LogP) is 2.53. The summed E-state index contributed by atoms with van der Waals surface area (Å²) in [5, 5.41) is 3.40. The van der Waals surface area contributed by atoms with Crippen LogP contribution in [0.25, 0.3) is 0 Å². The van der Waals surface area contributed by atoms with E-state index < -0.39 is 0 Å². The molecule has 0 spiro atoms. The van der Waals surface area contributed by atoms with Gasteiger partial charge in [-0.3, -0.25) is 0 Å². The smallest absolute Gasteiger partial charge is 0.120 e. The zero-order valence-electron chi connectivity index (χ0n) is 9.88. The summed E-state index contributed by atoms with van der Waals surface area (Å²) in [7, 11) is 1.73. The Kier molecular flexibility index (Phi) is 5.43. The lowest BCUT2D eigenvalue weighted by atomic mass is 10.2. The van der Waals surface area contributed by atoms with E-state index in [4.69, 9.17) is 9.15 Å². The van der Waals surface area contributed by atoms with E-state index in [0.717, 1.165) is 37.5 Å². The van der Waals surface area contributed by atoms with Gasteiger partial charge in [0.15, 0.2) is 0 Å². The molecule has 0 saturated carbocycles. The van der Waals surface area contributed by atoms with Gasteiger partial charge in [-0.1, -0.05) is 6.92 Å². The Bertz CT molecular complexity index is 270. The number of furan rings is 1. The minimum Gasteiger partial charge on any atom is -0.464 e. The molecule has 0 saturated heterocycles. The molecule has 1 aromatic heterocycles. The topological polar surface area (TPSA) is 34.4 Å². The highest BCUT2D eigenvalue weighted by molar-refractivity contribution is 5.09. The molecule has 0 amide bonds. The number of aryl methyl sites for hydroxylation is 1. The quantitative estimate of drug-likeness (QED) is 0.704. The van der Waals surface area contributed by atoms with Crippen molar-refractivity contribution in [3.05, 3.63) is 23.7 Å². The van der Waals surface area contributed by atoms with Crippen molar-refractivity contribution in [1.29, 1.82) is 0 Å². The third kappa shape index (κ3) is 4.06. The van der Waals surface area contributed by atoms with Crippen molar-refractivity contribution < 1.29 is 9.15 Å². The second-order valence-electron chi connectivity index (χ2n) is 3.68. The van der Waals surface area contributed by atoms with Crippen LogP contribution < -0.4 is 5.32 Å². The highest BCUT2D eigenvalue weighted by Gasteiger charge is 2.08. The second-order valence-corrected chi connectivity index (χ2v) is 3.68. The normalized spacial score (nSPS) is 13.0. The van der Waals surface area contributed by atoms with E-state index >= 15 is 0 Å². The second kappa shape index (κ2) is 6.64. The van der Waals surface area contributed by atoms with Crippen LogP contribution >= 0.6 is 0 Å². The monoisotopic (exact) mass is 211 g/mol. The summed E-state index contributed by atoms with van der Waals surface area (Å²) in [5.41, 5.74) is 0. The van der Waals surface area contributed by atoms with Crippen LogP contribution in [-0.2, 0) is 11.2 Å². The minimum atomic E-state index is 0.280. The van der Waals surface area contributed by atoms with E-state index in [1.54, 1.807) is 7.11 Å². The van der Waals surface area contributed by atoms with Crippen LogP contribution in [0.4, 0.5) is 0 Å². The van der Waals surface area contributed by atoms with Gasteiger partial charge in [0, 0.05) is 20.1 Å². The van der Waals surface area contributed by atoms with E-state index in [2.05, 4.69) is 19.2 Å². The van der Waals surface area contributed by atoms with Crippen LogP contribution in [0.3, 0.4) is 0 Å². The van der Waals surface area contributed by atoms with Gasteiger partial charge in [0.05, 0.1) is 6.04 Å². The molecule has 1 N–H and O–H groups in total. The van der Waals surface area contributed by atoms with Gasteiger partial charge in [0.25, 0.3) is 0 Å². The molecule has 15 heavy (non-hydrogen) atoms. The first kappa shape index (κ1) is 12.3. The van der Waals surface area contributed by atoms with Crippen molar-refractivity contribution in [2.75, 3.05) is 20.3 Å². The summed E-state index contributed by atoms with van der Waals surface area (Å²) >= 11 is 0. The van der Waals surface area contributed by atoms with Gasteiger partial charge in [0.2, 0.25) is 0 Å². The molecule has 1 unspecified atom stereocenters. The molecule has 0 fully saturated rings. The average Bonchev–Trinajstić information content (AvgIpc) is 2.72. The molecule has 86 valence electrons. The molecular weight excluding hydrogens is 190 g/mol. The maximum Gasteiger partial charge on any atom is 0.120 e. The lowest BCUT2D eigenvalue weighted by Crippen LogP contribution is -2.20. The van der Waals surface area contributed by atoms with E-state index in [-0.39, 0.29) is 6.04 Å². The Morgan fingerprint density at radius 3 is 2.87 bits per heavy atom. The lowest BCUT2D eigenvalue weighted by molar-refractivity contribution is 0.193. The SMILES string of the molecule is CCc1ccc(C(C)NCCCOC)o1. The number of ether oxygens (including phenoxy) is 1. The van der Waals surface area contributed by atoms with E-state index in [9.17, 15) is 0 Å². The van der Waals surface area contributed by atoms with Crippen molar-refractivity contribution in [1.82, 2.24) is 5.32 Å². The zero-order chi connectivity index (χ0) is 11.1. The maximum absolute atomic E-state index is 5.66. The van der Waals surface area contributed by atoms with E-state index in [0.29, 0.717) is 0 Å². The molecule has 0 aromatic carbocycles. The number of methoxy groups -OCH3 is 1. The first-order valence-corrected chi connectivity index (χ1v) is 5.58. The van der Waals surface area contributed by atoms with Crippen LogP contribution in [0.2, 0.25) is 0 Å². The molecular formula is C12H21NO2. The molecule has 1 aromatic rings. The van der Waals surface area contributed by atoms with Gasteiger partial charge in [0.1, 0.15) is 11.5 Å². The fourth-order valence-corrected chi connectivity index (χ4v) is 1.45. The molecule has 3 nitrogen and oxygen atoms in total.